The first-order chi connectivity index (χ1) is 8.81. The van der Waals surface area contributed by atoms with Gasteiger partial charge in [-0.2, -0.15) is 0 Å². The topological polar surface area (TPSA) is 47.1 Å². The Morgan fingerprint density at radius 1 is 1.28 bits per heavy atom. The number of imidazole rings is 1. The second-order valence-electron chi connectivity index (χ2n) is 4.92. The monoisotopic (exact) mass is 242 g/mol. The number of nitrogens with zero attached hydrogens (tertiary/aromatic N) is 3. The molecule has 0 bridgehead atoms. The number of hydrogen-bond donors (Lipinski definition) is 1. The Hall–Kier alpha value is -1.65. The van der Waals surface area contributed by atoms with Gasteiger partial charge in [-0.25, -0.2) is 4.98 Å². The first-order valence-electron chi connectivity index (χ1n) is 6.36. The zero-order chi connectivity index (χ0) is 12.4. The Kier molecular flexibility index (Phi) is 3.13. The van der Waals surface area contributed by atoms with Crippen LogP contribution in [0.2, 0.25) is 0 Å². The summed E-state index contributed by atoms with van der Waals surface area (Å²) in [5.41, 5.74) is 8.40. The molecule has 2 aromatic rings. The maximum absolute atomic E-state index is 5.92. The molecule has 1 fully saturated rings. The molecule has 0 amide bonds. The molecule has 4 heteroatoms. The van der Waals surface area contributed by atoms with Gasteiger partial charge < -0.3 is 10.3 Å². The van der Waals surface area contributed by atoms with Gasteiger partial charge in [-0.3, -0.25) is 4.90 Å². The molecule has 4 nitrogen and oxygen atoms in total. The lowest BCUT2D eigenvalue weighted by Crippen LogP contribution is -2.26. The average molecular weight is 242 g/mol. The van der Waals surface area contributed by atoms with Crippen molar-refractivity contribution >= 4 is 0 Å². The summed E-state index contributed by atoms with van der Waals surface area (Å²) in [4.78, 5) is 6.47. The largest absolute Gasteiger partial charge is 0.326 e. The van der Waals surface area contributed by atoms with E-state index in [0.717, 1.165) is 31.7 Å². The lowest BCUT2D eigenvalue weighted by atomic mass is 10.2. The molecule has 1 aliphatic heterocycles. The highest BCUT2D eigenvalue weighted by molar-refractivity contribution is 5.34. The molecule has 2 N–H and O–H groups in total. The summed E-state index contributed by atoms with van der Waals surface area (Å²) >= 11 is 0. The molecule has 0 radical (unpaired) electrons. The smallest absolute Gasteiger partial charge is 0.0991 e. The van der Waals surface area contributed by atoms with Crippen molar-refractivity contribution in [3.8, 4) is 5.69 Å². The molecule has 18 heavy (non-hydrogen) atoms. The quantitative estimate of drug-likeness (QED) is 0.885. The first-order valence-corrected chi connectivity index (χ1v) is 6.36. The molecule has 1 atom stereocenters. The highest BCUT2D eigenvalue weighted by atomic mass is 15.2. The second kappa shape index (κ2) is 4.92. The lowest BCUT2D eigenvalue weighted by molar-refractivity contribution is 0.327. The minimum absolute atomic E-state index is 0.357. The maximum atomic E-state index is 5.92. The Labute approximate surface area is 107 Å². The highest BCUT2D eigenvalue weighted by Gasteiger charge is 2.18. The molecular weight excluding hydrogens is 224 g/mol. The Morgan fingerprint density at radius 3 is 2.72 bits per heavy atom. The van der Waals surface area contributed by atoms with Gasteiger partial charge in [-0.15, -0.1) is 0 Å². The molecular formula is C14H18N4. The van der Waals surface area contributed by atoms with E-state index in [4.69, 9.17) is 5.73 Å². The lowest BCUT2D eigenvalue weighted by Gasteiger charge is -2.15. The number of hydrogen-bond acceptors (Lipinski definition) is 3. The summed E-state index contributed by atoms with van der Waals surface area (Å²) in [5, 5.41) is 0. The third-order valence-electron chi connectivity index (χ3n) is 3.45. The van der Waals surface area contributed by atoms with Crippen LogP contribution >= 0.6 is 0 Å². The van der Waals surface area contributed by atoms with Gasteiger partial charge in [0, 0.05) is 43.8 Å². The van der Waals surface area contributed by atoms with Gasteiger partial charge in [0.2, 0.25) is 0 Å². The Morgan fingerprint density at radius 2 is 2.11 bits per heavy atom. The zero-order valence-corrected chi connectivity index (χ0v) is 10.4. The molecule has 1 unspecified atom stereocenters. The number of aromatic nitrogens is 2. The number of likely N-dealkylation sites (tertiary alicyclic amines) is 1. The summed E-state index contributed by atoms with van der Waals surface area (Å²) < 4.78 is 2.01. The van der Waals surface area contributed by atoms with E-state index in [9.17, 15) is 0 Å². The van der Waals surface area contributed by atoms with Crippen LogP contribution in [0.15, 0.2) is 43.0 Å². The number of rotatable bonds is 3. The van der Waals surface area contributed by atoms with Crippen molar-refractivity contribution in [1.82, 2.24) is 14.5 Å². The Bertz CT molecular complexity index is 489. The second-order valence-corrected chi connectivity index (χ2v) is 4.92. The van der Waals surface area contributed by atoms with Gasteiger partial charge in [0.05, 0.1) is 6.33 Å². The fourth-order valence-electron chi connectivity index (χ4n) is 2.45. The molecule has 1 aliphatic rings. The maximum Gasteiger partial charge on any atom is 0.0991 e. The van der Waals surface area contributed by atoms with Crippen LogP contribution in [0, 0.1) is 0 Å². The first kappa shape index (κ1) is 11.4. The molecule has 3 rings (SSSR count). The predicted octanol–water partition coefficient (Wildman–Crippen LogP) is 1.41. The van der Waals surface area contributed by atoms with Crippen LogP contribution in [0.3, 0.4) is 0 Å². The van der Waals surface area contributed by atoms with E-state index in [1.165, 1.54) is 5.56 Å². The summed E-state index contributed by atoms with van der Waals surface area (Å²) in [6.07, 6.45) is 6.68. The minimum Gasteiger partial charge on any atom is -0.326 e. The third kappa shape index (κ3) is 2.44. The SMILES string of the molecule is NC1CCN(Cc2ccc(-n3ccnc3)cc2)C1. The zero-order valence-electron chi connectivity index (χ0n) is 10.4. The summed E-state index contributed by atoms with van der Waals surface area (Å²) in [5.74, 6) is 0. The van der Waals surface area contributed by atoms with Crippen LogP contribution in [-0.4, -0.2) is 33.6 Å². The molecule has 0 saturated carbocycles. The van der Waals surface area contributed by atoms with Crippen molar-refractivity contribution in [1.29, 1.82) is 0 Å². The molecule has 0 aliphatic carbocycles. The van der Waals surface area contributed by atoms with E-state index in [1.54, 1.807) is 6.20 Å². The fourth-order valence-corrected chi connectivity index (χ4v) is 2.45. The van der Waals surface area contributed by atoms with E-state index in [1.807, 2.05) is 17.1 Å². The molecule has 94 valence electrons. The standard InChI is InChI=1S/C14H18N4/c15-13-5-7-17(10-13)9-12-1-3-14(4-2-12)18-8-6-16-11-18/h1-4,6,8,11,13H,5,7,9-10,15H2. The minimum atomic E-state index is 0.357. The van der Waals surface area contributed by atoms with Gasteiger partial charge in [0.15, 0.2) is 0 Å². The number of benzene rings is 1. The molecule has 1 aromatic carbocycles. The molecule has 0 spiro atoms. The van der Waals surface area contributed by atoms with Crippen LogP contribution in [-0.2, 0) is 6.54 Å². The van der Waals surface area contributed by atoms with Gasteiger partial charge >= 0.3 is 0 Å². The summed E-state index contributed by atoms with van der Waals surface area (Å²) in [6.45, 7) is 3.13. The fraction of sp³-hybridized carbons (Fsp3) is 0.357. The van der Waals surface area contributed by atoms with Crippen molar-refractivity contribution in [2.24, 2.45) is 5.73 Å². The molecule has 2 heterocycles. The van der Waals surface area contributed by atoms with E-state index in [2.05, 4.69) is 34.1 Å². The molecule has 1 aromatic heterocycles. The Balaban J connectivity index is 1.68. The molecule has 1 saturated heterocycles. The van der Waals surface area contributed by atoms with Crippen molar-refractivity contribution in [2.75, 3.05) is 13.1 Å². The number of nitrogens with two attached hydrogens (primary N) is 1. The average Bonchev–Trinajstić information content (AvgIpc) is 3.02. The van der Waals surface area contributed by atoms with E-state index < -0.39 is 0 Å². The van der Waals surface area contributed by atoms with Crippen molar-refractivity contribution in [2.45, 2.75) is 19.0 Å². The van der Waals surface area contributed by atoms with Gasteiger partial charge in [0.1, 0.15) is 0 Å². The van der Waals surface area contributed by atoms with Gasteiger partial charge in [-0.05, 0) is 24.1 Å². The van der Waals surface area contributed by atoms with Crippen LogP contribution in [0.25, 0.3) is 5.69 Å². The van der Waals surface area contributed by atoms with Crippen molar-refractivity contribution in [3.63, 3.8) is 0 Å². The highest BCUT2D eigenvalue weighted by Crippen LogP contribution is 2.14. The van der Waals surface area contributed by atoms with Crippen molar-refractivity contribution < 1.29 is 0 Å². The summed E-state index contributed by atoms with van der Waals surface area (Å²) in [6, 6.07) is 8.98. The van der Waals surface area contributed by atoms with Crippen LogP contribution < -0.4 is 5.73 Å². The third-order valence-corrected chi connectivity index (χ3v) is 3.45. The van der Waals surface area contributed by atoms with E-state index in [-0.39, 0.29) is 0 Å². The van der Waals surface area contributed by atoms with Crippen LogP contribution in [0.5, 0.6) is 0 Å². The summed E-state index contributed by atoms with van der Waals surface area (Å²) in [7, 11) is 0. The van der Waals surface area contributed by atoms with E-state index >= 15 is 0 Å². The van der Waals surface area contributed by atoms with Crippen LogP contribution in [0.1, 0.15) is 12.0 Å². The predicted molar refractivity (Wildman–Crippen MR) is 71.4 cm³/mol. The van der Waals surface area contributed by atoms with Gasteiger partial charge in [0.25, 0.3) is 0 Å². The normalized spacial score (nSPS) is 20.4. The van der Waals surface area contributed by atoms with Gasteiger partial charge in [-0.1, -0.05) is 12.1 Å². The van der Waals surface area contributed by atoms with E-state index in [0.29, 0.717) is 6.04 Å². The van der Waals surface area contributed by atoms with Crippen molar-refractivity contribution in [3.05, 3.63) is 48.5 Å². The van der Waals surface area contributed by atoms with Crippen LogP contribution in [0.4, 0.5) is 0 Å².